The first kappa shape index (κ1) is 23.4. The molecule has 0 radical (unpaired) electrons. The molecule has 2 saturated heterocycles. The summed E-state index contributed by atoms with van der Waals surface area (Å²) in [7, 11) is 0. The van der Waals surface area contributed by atoms with Gasteiger partial charge in [0, 0.05) is 24.9 Å². The maximum absolute atomic E-state index is 13.0. The molecular weight excluding hydrogens is 422 g/mol. The number of carbonyl (C=O) groups excluding carboxylic acids is 1. The molecule has 2 unspecified atom stereocenters. The number of aryl methyl sites for hydroxylation is 1. The van der Waals surface area contributed by atoms with E-state index < -0.39 is 5.60 Å². The van der Waals surface area contributed by atoms with Crippen LogP contribution >= 0.6 is 0 Å². The number of ether oxygens (including phenoxy) is 1. The topological polar surface area (TPSA) is 49.8 Å². The summed E-state index contributed by atoms with van der Waals surface area (Å²) in [6.45, 7) is 11.8. The fraction of sp³-hybridized carbons (Fsp3) is 0.567. The lowest BCUT2D eigenvalue weighted by molar-refractivity contribution is -0.0541. The minimum Gasteiger partial charge on any atom is -0.445 e. The molecule has 2 heterocycles. The van der Waals surface area contributed by atoms with Crippen LogP contribution in [0.3, 0.4) is 0 Å². The number of nitrogens with zero attached hydrogens (tertiary/aromatic N) is 1. The average Bonchev–Trinajstić information content (AvgIpc) is 3.07. The largest absolute Gasteiger partial charge is 0.445 e. The van der Waals surface area contributed by atoms with Gasteiger partial charge < -0.3 is 14.7 Å². The zero-order chi connectivity index (χ0) is 24.3. The zero-order valence-electron chi connectivity index (χ0n) is 21.4. The van der Waals surface area contributed by atoms with Gasteiger partial charge in [-0.25, -0.2) is 4.79 Å². The van der Waals surface area contributed by atoms with Crippen molar-refractivity contribution in [2.75, 3.05) is 0 Å². The number of rotatable bonds is 3. The first-order chi connectivity index (χ1) is 16.0. The zero-order valence-corrected chi connectivity index (χ0v) is 21.4. The van der Waals surface area contributed by atoms with Crippen molar-refractivity contribution in [3.63, 3.8) is 0 Å². The second-order valence-electron chi connectivity index (χ2n) is 12.3. The van der Waals surface area contributed by atoms with Gasteiger partial charge in [-0.3, -0.25) is 0 Å². The highest BCUT2D eigenvalue weighted by Gasteiger charge is 2.51. The third-order valence-electron chi connectivity index (χ3n) is 8.88. The summed E-state index contributed by atoms with van der Waals surface area (Å²) in [6, 6.07) is 14.5. The maximum Gasteiger partial charge on any atom is 0.410 e. The number of fused-ring (bicyclic) bond motifs is 3. The molecule has 2 fully saturated rings. The highest BCUT2D eigenvalue weighted by atomic mass is 16.6. The minimum absolute atomic E-state index is 0.0203. The number of hydrogen-bond donors (Lipinski definition) is 1. The fourth-order valence-corrected chi connectivity index (χ4v) is 6.76. The number of carbonyl (C=O) groups is 1. The summed E-state index contributed by atoms with van der Waals surface area (Å²) in [4.78, 5) is 14.9. The number of amides is 1. The summed E-state index contributed by atoms with van der Waals surface area (Å²) in [5.41, 5.74) is 5.39. The Balaban J connectivity index is 1.39. The number of aliphatic hydroxyl groups is 1. The van der Waals surface area contributed by atoms with Gasteiger partial charge in [0.25, 0.3) is 0 Å². The lowest BCUT2D eigenvalue weighted by Crippen LogP contribution is -2.52. The molecule has 1 aliphatic carbocycles. The van der Waals surface area contributed by atoms with Gasteiger partial charge in [-0.05, 0) is 71.3 Å². The van der Waals surface area contributed by atoms with Crippen LogP contribution in [0.1, 0.15) is 94.0 Å². The van der Waals surface area contributed by atoms with Crippen LogP contribution in [0.2, 0.25) is 0 Å². The average molecular weight is 462 g/mol. The van der Waals surface area contributed by atoms with E-state index >= 15 is 0 Å². The van der Waals surface area contributed by atoms with Crippen LogP contribution in [0, 0.1) is 6.92 Å². The molecule has 2 aromatic rings. The molecule has 0 saturated carbocycles. The van der Waals surface area contributed by atoms with Gasteiger partial charge in [-0.15, -0.1) is 0 Å². The van der Waals surface area contributed by atoms with E-state index in [-0.39, 0.29) is 35.6 Å². The first-order valence-electron chi connectivity index (χ1n) is 12.9. The molecular formula is C30H39NO3. The molecule has 2 atom stereocenters. The van der Waals surface area contributed by atoms with Crippen LogP contribution in [-0.2, 0) is 27.8 Å². The predicted molar refractivity (Wildman–Crippen MR) is 135 cm³/mol. The maximum atomic E-state index is 13.0. The molecule has 2 aromatic carbocycles. The second-order valence-corrected chi connectivity index (χ2v) is 12.3. The van der Waals surface area contributed by atoms with Gasteiger partial charge in [0.2, 0.25) is 0 Å². The van der Waals surface area contributed by atoms with E-state index in [1.807, 2.05) is 35.2 Å². The highest BCUT2D eigenvalue weighted by molar-refractivity contribution is 5.69. The molecule has 1 amide bonds. The molecule has 34 heavy (non-hydrogen) atoms. The molecule has 2 bridgehead atoms. The van der Waals surface area contributed by atoms with Crippen molar-refractivity contribution < 1.29 is 14.6 Å². The third kappa shape index (κ3) is 3.94. The Morgan fingerprint density at radius 2 is 1.50 bits per heavy atom. The summed E-state index contributed by atoms with van der Waals surface area (Å²) < 4.78 is 5.68. The molecule has 5 rings (SSSR count). The van der Waals surface area contributed by atoms with E-state index in [0.29, 0.717) is 12.8 Å². The highest BCUT2D eigenvalue weighted by Crippen LogP contribution is 2.51. The number of piperidine rings is 1. The van der Waals surface area contributed by atoms with E-state index in [2.05, 4.69) is 46.8 Å². The normalized spacial score (nSPS) is 28.9. The van der Waals surface area contributed by atoms with Gasteiger partial charge in [-0.2, -0.15) is 0 Å². The lowest BCUT2D eigenvalue weighted by atomic mass is 9.61. The van der Waals surface area contributed by atoms with Gasteiger partial charge in [0.1, 0.15) is 6.61 Å². The minimum atomic E-state index is -0.904. The van der Waals surface area contributed by atoms with Crippen LogP contribution in [0.25, 0.3) is 0 Å². The quantitative estimate of drug-likeness (QED) is 0.568. The Bertz CT molecular complexity index is 1070. The van der Waals surface area contributed by atoms with Crippen molar-refractivity contribution in [2.24, 2.45) is 0 Å². The predicted octanol–water partition coefficient (Wildman–Crippen LogP) is 6.50. The number of benzene rings is 2. The fourth-order valence-electron chi connectivity index (χ4n) is 6.76. The smallest absolute Gasteiger partial charge is 0.410 e. The first-order valence-corrected chi connectivity index (χ1v) is 12.9. The Morgan fingerprint density at radius 1 is 0.941 bits per heavy atom. The van der Waals surface area contributed by atoms with Gasteiger partial charge in [0.15, 0.2) is 0 Å². The molecule has 4 heteroatoms. The molecule has 2 aliphatic heterocycles. The van der Waals surface area contributed by atoms with E-state index in [1.54, 1.807) is 0 Å². The van der Waals surface area contributed by atoms with Crippen molar-refractivity contribution in [2.45, 2.75) is 108 Å². The molecule has 4 nitrogen and oxygen atoms in total. The van der Waals surface area contributed by atoms with Crippen molar-refractivity contribution in [3.05, 3.63) is 70.3 Å². The summed E-state index contributed by atoms with van der Waals surface area (Å²) in [5.74, 6) is 0. The van der Waals surface area contributed by atoms with E-state index in [9.17, 15) is 9.90 Å². The van der Waals surface area contributed by atoms with Crippen molar-refractivity contribution in [1.82, 2.24) is 4.90 Å². The van der Waals surface area contributed by atoms with Crippen molar-refractivity contribution in [1.29, 1.82) is 0 Å². The van der Waals surface area contributed by atoms with E-state index in [4.69, 9.17) is 4.74 Å². The monoisotopic (exact) mass is 461 g/mol. The van der Waals surface area contributed by atoms with Gasteiger partial charge >= 0.3 is 6.09 Å². The second kappa shape index (κ2) is 8.12. The van der Waals surface area contributed by atoms with E-state index in [0.717, 1.165) is 30.4 Å². The van der Waals surface area contributed by atoms with Gasteiger partial charge in [-0.1, -0.05) is 70.2 Å². The van der Waals surface area contributed by atoms with Crippen LogP contribution in [-0.4, -0.2) is 28.2 Å². The standard InChI is InChI=1S/C30H39NO3/c1-20-15-25-26(29(4,5)14-13-28(25,2)3)16-24(20)30(33)17-22-11-12-23(18-30)31(22)27(32)34-19-21-9-7-6-8-10-21/h6-10,15-16,22-23,33H,11-14,17-19H2,1-5H3. The third-order valence-corrected chi connectivity index (χ3v) is 8.88. The SMILES string of the molecule is Cc1cc2c(cc1C1(O)CC3CCC(C1)N3C(=O)OCc1ccccc1)C(C)(C)CCC2(C)C. The lowest BCUT2D eigenvalue weighted by Gasteiger charge is -2.46. The Hall–Kier alpha value is -2.33. The van der Waals surface area contributed by atoms with Crippen LogP contribution in [0.4, 0.5) is 4.79 Å². The summed E-state index contributed by atoms with van der Waals surface area (Å²) in [6.07, 6.45) is 5.09. The molecule has 0 aromatic heterocycles. The van der Waals surface area contributed by atoms with Gasteiger partial charge in [0.05, 0.1) is 5.60 Å². The van der Waals surface area contributed by atoms with Crippen molar-refractivity contribution >= 4 is 6.09 Å². The van der Waals surface area contributed by atoms with Crippen LogP contribution in [0.5, 0.6) is 0 Å². The molecule has 3 aliphatic rings. The van der Waals surface area contributed by atoms with Crippen LogP contribution < -0.4 is 0 Å². The summed E-state index contributed by atoms with van der Waals surface area (Å²) >= 11 is 0. The van der Waals surface area contributed by atoms with Crippen LogP contribution in [0.15, 0.2) is 42.5 Å². The molecule has 0 spiro atoms. The Labute approximate surface area is 204 Å². The molecule has 1 N–H and O–H groups in total. The molecule has 182 valence electrons. The summed E-state index contributed by atoms with van der Waals surface area (Å²) in [5, 5.41) is 12.0. The number of hydrogen-bond acceptors (Lipinski definition) is 3. The Kier molecular flexibility index (Phi) is 5.59. The Morgan fingerprint density at radius 3 is 2.09 bits per heavy atom. The van der Waals surface area contributed by atoms with Crippen molar-refractivity contribution in [3.8, 4) is 0 Å². The van der Waals surface area contributed by atoms with E-state index in [1.165, 1.54) is 23.1 Å².